The molecule has 2 aliphatic rings. The third kappa shape index (κ3) is 4.73. The van der Waals surface area contributed by atoms with E-state index in [-0.39, 0.29) is 17.5 Å². The fraction of sp³-hybridized carbons (Fsp3) is 0.619. The molecule has 11 heteroatoms. The van der Waals surface area contributed by atoms with Gasteiger partial charge in [-0.05, 0) is 32.1 Å². The van der Waals surface area contributed by atoms with E-state index in [1.165, 1.54) is 19.3 Å². The summed E-state index contributed by atoms with van der Waals surface area (Å²) in [6.45, 7) is 2.10. The van der Waals surface area contributed by atoms with Crippen LogP contribution in [0.25, 0.3) is 10.3 Å². The third-order valence-electron chi connectivity index (χ3n) is 6.31. The molecule has 9 nitrogen and oxygen atoms in total. The van der Waals surface area contributed by atoms with Gasteiger partial charge in [0.05, 0.1) is 34.4 Å². The van der Waals surface area contributed by atoms with Crippen LogP contribution in [0.5, 0.6) is 0 Å². The lowest BCUT2D eigenvalue weighted by atomic mass is 9.95. The van der Waals surface area contributed by atoms with Gasteiger partial charge in [-0.3, -0.25) is 4.68 Å². The van der Waals surface area contributed by atoms with Crippen LogP contribution in [0.3, 0.4) is 0 Å². The van der Waals surface area contributed by atoms with Gasteiger partial charge in [0.25, 0.3) is 0 Å². The molecule has 0 spiro atoms. The second-order valence-corrected chi connectivity index (χ2v) is 12.1. The van der Waals surface area contributed by atoms with Crippen LogP contribution in [0.1, 0.15) is 62.9 Å². The smallest absolute Gasteiger partial charge is 0.230 e. The molecule has 32 heavy (non-hydrogen) atoms. The Bertz CT molecular complexity index is 1180. The zero-order valence-electron chi connectivity index (χ0n) is 18.2. The predicted molar refractivity (Wildman–Crippen MR) is 128 cm³/mol. The Balaban J connectivity index is 1.37. The lowest BCUT2D eigenvalue weighted by Crippen LogP contribution is -2.25. The molecule has 0 atom stereocenters. The van der Waals surface area contributed by atoms with Gasteiger partial charge in [0.1, 0.15) is 15.4 Å². The molecule has 1 saturated heterocycles. The largest absolute Gasteiger partial charge is 0.365 e. The first-order chi connectivity index (χ1) is 15.5. The van der Waals surface area contributed by atoms with Crippen molar-refractivity contribution in [3.63, 3.8) is 0 Å². The van der Waals surface area contributed by atoms with Crippen molar-refractivity contribution in [2.75, 3.05) is 22.1 Å². The Kier molecular flexibility index (Phi) is 6.02. The molecule has 0 aromatic carbocycles. The van der Waals surface area contributed by atoms with E-state index in [0.29, 0.717) is 24.8 Å². The molecular weight excluding hydrogens is 446 g/mol. The lowest BCUT2D eigenvalue weighted by molar-refractivity contribution is 0.413. The Morgan fingerprint density at radius 3 is 2.62 bits per heavy atom. The SMILES string of the molecule is CCc1nc2c(NC3CCCCC3)nc(Nc3cnn(C4CCS(=O)(=O)CC4)c3)nc2s1. The molecule has 5 rings (SSSR count). The summed E-state index contributed by atoms with van der Waals surface area (Å²) >= 11 is 1.61. The Morgan fingerprint density at radius 2 is 1.88 bits per heavy atom. The van der Waals surface area contributed by atoms with Crippen LogP contribution in [0.4, 0.5) is 17.5 Å². The van der Waals surface area contributed by atoms with Gasteiger partial charge in [-0.25, -0.2) is 13.4 Å². The van der Waals surface area contributed by atoms with E-state index in [2.05, 4.69) is 22.7 Å². The number of aromatic nitrogens is 5. The lowest BCUT2D eigenvalue weighted by Gasteiger charge is -2.23. The molecule has 172 valence electrons. The molecule has 0 amide bonds. The number of thiazole rings is 1. The van der Waals surface area contributed by atoms with Crippen LogP contribution in [0.2, 0.25) is 0 Å². The van der Waals surface area contributed by atoms with Gasteiger partial charge in [0.15, 0.2) is 10.6 Å². The van der Waals surface area contributed by atoms with Crippen LogP contribution < -0.4 is 10.6 Å². The average Bonchev–Trinajstić information content (AvgIpc) is 3.41. The van der Waals surface area contributed by atoms with Crippen molar-refractivity contribution in [3.05, 3.63) is 17.4 Å². The van der Waals surface area contributed by atoms with Gasteiger partial charge in [-0.15, -0.1) is 0 Å². The molecule has 2 N–H and O–H groups in total. The number of hydrogen-bond donors (Lipinski definition) is 2. The molecular formula is C21H29N7O2S2. The highest BCUT2D eigenvalue weighted by Gasteiger charge is 2.25. The summed E-state index contributed by atoms with van der Waals surface area (Å²) in [6, 6.07) is 0.529. The van der Waals surface area contributed by atoms with E-state index >= 15 is 0 Å². The minimum absolute atomic E-state index is 0.106. The van der Waals surface area contributed by atoms with E-state index in [1.54, 1.807) is 17.5 Å². The molecule has 0 bridgehead atoms. The maximum atomic E-state index is 11.7. The summed E-state index contributed by atoms with van der Waals surface area (Å²) in [5.41, 5.74) is 1.64. The zero-order valence-corrected chi connectivity index (χ0v) is 19.9. The number of nitrogens with one attached hydrogen (secondary N) is 2. The van der Waals surface area contributed by atoms with Crippen LogP contribution in [0.15, 0.2) is 12.4 Å². The molecule has 0 radical (unpaired) electrons. The summed E-state index contributed by atoms with van der Waals surface area (Å²) in [7, 11) is -2.89. The summed E-state index contributed by atoms with van der Waals surface area (Å²) in [4.78, 5) is 15.1. The van der Waals surface area contributed by atoms with E-state index < -0.39 is 9.84 Å². The van der Waals surface area contributed by atoms with E-state index in [4.69, 9.17) is 15.0 Å². The quantitative estimate of drug-likeness (QED) is 0.548. The van der Waals surface area contributed by atoms with Gasteiger partial charge >= 0.3 is 0 Å². The highest BCUT2D eigenvalue weighted by atomic mass is 32.2. The highest BCUT2D eigenvalue weighted by molar-refractivity contribution is 7.91. The fourth-order valence-corrected chi connectivity index (χ4v) is 6.83. The molecule has 1 saturated carbocycles. The average molecular weight is 476 g/mol. The second kappa shape index (κ2) is 8.93. The Morgan fingerprint density at radius 1 is 1.09 bits per heavy atom. The van der Waals surface area contributed by atoms with Gasteiger partial charge in [-0.1, -0.05) is 37.5 Å². The summed E-state index contributed by atoms with van der Waals surface area (Å²) in [5, 5.41) is 12.4. The maximum Gasteiger partial charge on any atom is 0.230 e. The van der Waals surface area contributed by atoms with Crippen molar-refractivity contribution in [2.45, 2.75) is 70.4 Å². The first-order valence-electron chi connectivity index (χ1n) is 11.4. The first-order valence-corrected chi connectivity index (χ1v) is 14.1. The molecule has 0 unspecified atom stereocenters. The van der Waals surface area contributed by atoms with Crippen LogP contribution in [-0.4, -0.2) is 50.7 Å². The number of anilines is 3. The second-order valence-electron chi connectivity index (χ2n) is 8.71. The fourth-order valence-electron chi connectivity index (χ4n) is 4.49. The number of nitrogens with zero attached hydrogens (tertiary/aromatic N) is 5. The summed E-state index contributed by atoms with van der Waals surface area (Å²) < 4.78 is 25.3. The zero-order chi connectivity index (χ0) is 22.1. The summed E-state index contributed by atoms with van der Waals surface area (Å²) in [6.07, 6.45) is 11.8. The van der Waals surface area contributed by atoms with Gasteiger partial charge in [0.2, 0.25) is 5.95 Å². The van der Waals surface area contributed by atoms with Gasteiger partial charge < -0.3 is 10.6 Å². The number of rotatable bonds is 6. The van der Waals surface area contributed by atoms with E-state index in [1.807, 2.05) is 10.9 Å². The molecule has 3 aromatic rings. The minimum Gasteiger partial charge on any atom is -0.365 e. The maximum absolute atomic E-state index is 11.7. The van der Waals surface area contributed by atoms with Crippen molar-refractivity contribution in [3.8, 4) is 0 Å². The molecule has 4 heterocycles. The molecule has 1 aliphatic carbocycles. The van der Waals surface area contributed by atoms with Crippen molar-refractivity contribution >= 4 is 49.0 Å². The minimum atomic E-state index is -2.89. The first kappa shape index (κ1) is 21.6. The summed E-state index contributed by atoms with van der Waals surface area (Å²) in [5.74, 6) is 1.76. The number of sulfone groups is 1. The monoisotopic (exact) mass is 475 g/mol. The number of hydrogen-bond acceptors (Lipinski definition) is 9. The van der Waals surface area contributed by atoms with Crippen LogP contribution >= 0.6 is 11.3 Å². The van der Waals surface area contributed by atoms with Crippen molar-refractivity contribution in [2.24, 2.45) is 0 Å². The van der Waals surface area contributed by atoms with Gasteiger partial charge in [0, 0.05) is 12.2 Å². The van der Waals surface area contributed by atoms with E-state index in [9.17, 15) is 8.42 Å². The Labute approximate surface area is 192 Å². The van der Waals surface area contributed by atoms with Crippen LogP contribution in [-0.2, 0) is 16.3 Å². The van der Waals surface area contributed by atoms with Crippen molar-refractivity contribution in [1.82, 2.24) is 24.7 Å². The van der Waals surface area contributed by atoms with Crippen LogP contribution in [0, 0.1) is 0 Å². The van der Waals surface area contributed by atoms with Gasteiger partial charge in [-0.2, -0.15) is 15.1 Å². The van der Waals surface area contributed by atoms with E-state index in [0.717, 1.165) is 46.1 Å². The molecule has 1 aliphatic heterocycles. The van der Waals surface area contributed by atoms with Crippen molar-refractivity contribution in [1.29, 1.82) is 0 Å². The third-order valence-corrected chi connectivity index (χ3v) is 9.12. The number of aryl methyl sites for hydroxylation is 1. The highest BCUT2D eigenvalue weighted by Crippen LogP contribution is 2.31. The Hall–Kier alpha value is -2.27. The standard InChI is InChI=1S/C21H29N7O2S2/c1-2-17-25-18-19(23-14-6-4-3-5-7-14)26-21(27-20(18)31-17)24-15-12-22-28(13-15)16-8-10-32(29,30)11-9-16/h12-14,16H,2-11H2,1H3,(H2,23,24,26,27). The van der Waals surface area contributed by atoms with Crippen molar-refractivity contribution < 1.29 is 8.42 Å². The normalized spacial score (nSPS) is 19.9. The molecule has 3 aromatic heterocycles. The number of fused-ring (bicyclic) bond motifs is 1. The topological polar surface area (TPSA) is 115 Å². The molecule has 2 fully saturated rings. The predicted octanol–water partition coefficient (Wildman–Crippen LogP) is 4.08.